The molecule has 1 rings (SSSR count). The summed E-state index contributed by atoms with van der Waals surface area (Å²) in [7, 11) is 0. The Balaban J connectivity index is 2.35. The predicted octanol–water partition coefficient (Wildman–Crippen LogP) is 1.25. The molecule has 0 aliphatic heterocycles. The summed E-state index contributed by atoms with van der Waals surface area (Å²) in [6, 6.07) is 5.92. The first-order chi connectivity index (χ1) is 9.02. The number of hydrogen-bond donors (Lipinski definition) is 3. The minimum Gasteiger partial charge on any atom is -0.478 e. The molecule has 0 saturated heterocycles. The number of carboxylic acids is 1. The maximum Gasteiger partial charge on any atom is 0.335 e. The molecule has 1 unspecified atom stereocenters. The number of carboxylic acid groups (broad SMARTS) is 1. The first kappa shape index (κ1) is 14.6. The Morgan fingerprint density at radius 2 is 2.00 bits per heavy atom. The second kappa shape index (κ2) is 7.07. The molecule has 1 atom stereocenters. The molecule has 100 valence electrons. The van der Waals surface area contributed by atoms with Gasteiger partial charge in [0.25, 0.3) is 0 Å². The highest BCUT2D eigenvalue weighted by Gasteiger charge is 2.04. The van der Waals surface area contributed by atoms with Gasteiger partial charge in [-0.05, 0) is 31.0 Å². The van der Waals surface area contributed by atoms with Crippen LogP contribution in [-0.2, 0) is 6.42 Å². The molecule has 0 radical (unpaired) electrons. The highest BCUT2D eigenvalue weighted by atomic mass is 16.4. The summed E-state index contributed by atoms with van der Waals surface area (Å²) in [5, 5.41) is 14.0. The van der Waals surface area contributed by atoms with E-state index in [4.69, 9.17) is 11.5 Å². The third-order valence-corrected chi connectivity index (χ3v) is 2.50. The number of benzene rings is 1. The molecule has 3 N–H and O–H groups in total. The fourth-order valence-electron chi connectivity index (χ4n) is 1.42. The van der Waals surface area contributed by atoms with Crippen LogP contribution in [0.15, 0.2) is 24.3 Å². The van der Waals surface area contributed by atoms with Gasteiger partial charge in [0.2, 0.25) is 0 Å². The molecule has 5 heteroatoms. The molecule has 0 aliphatic carbocycles. The number of hydrogen-bond acceptors (Lipinski definition) is 2. The molecule has 0 aromatic heterocycles. The van der Waals surface area contributed by atoms with E-state index >= 15 is 0 Å². The van der Waals surface area contributed by atoms with Crippen LogP contribution in [0.4, 0.5) is 4.79 Å². The van der Waals surface area contributed by atoms with Gasteiger partial charge in [0.15, 0.2) is 0 Å². The molecule has 1 aromatic carbocycles. The molecule has 0 heterocycles. The van der Waals surface area contributed by atoms with E-state index in [0.717, 1.165) is 5.56 Å². The van der Waals surface area contributed by atoms with Gasteiger partial charge in [0.1, 0.15) is 0 Å². The Kier molecular flexibility index (Phi) is 5.42. The number of rotatable bonds is 5. The van der Waals surface area contributed by atoms with Gasteiger partial charge in [-0.25, -0.2) is 9.59 Å². The predicted molar refractivity (Wildman–Crippen MR) is 71.9 cm³/mol. The maximum absolute atomic E-state index is 11.4. The van der Waals surface area contributed by atoms with Crippen LogP contribution in [-0.4, -0.2) is 29.7 Å². The summed E-state index contributed by atoms with van der Waals surface area (Å²) in [6.07, 6.45) is 5.76. The lowest BCUT2D eigenvalue weighted by Crippen LogP contribution is -2.40. The van der Waals surface area contributed by atoms with Gasteiger partial charge < -0.3 is 15.7 Å². The number of carbonyl (C=O) groups is 2. The fourth-order valence-corrected chi connectivity index (χ4v) is 1.42. The summed E-state index contributed by atoms with van der Waals surface area (Å²) >= 11 is 0. The molecule has 2 amide bonds. The van der Waals surface area contributed by atoms with Gasteiger partial charge in [-0.2, -0.15) is 0 Å². The van der Waals surface area contributed by atoms with Gasteiger partial charge >= 0.3 is 12.0 Å². The van der Waals surface area contributed by atoms with Crippen molar-refractivity contribution in [2.45, 2.75) is 19.4 Å². The first-order valence-electron chi connectivity index (χ1n) is 5.85. The van der Waals surface area contributed by atoms with E-state index < -0.39 is 5.97 Å². The Hall–Kier alpha value is -2.48. The van der Waals surface area contributed by atoms with E-state index in [1.54, 1.807) is 19.1 Å². The highest BCUT2D eigenvalue weighted by molar-refractivity contribution is 5.87. The molecule has 1 aromatic rings. The molecular weight excluding hydrogens is 244 g/mol. The quantitative estimate of drug-likeness (QED) is 0.697. The number of amides is 2. The summed E-state index contributed by atoms with van der Waals surface area (Å²) in [6.45, 7) is 2.17. The third-order valence-electron chi connectivity index (χ3n) is 2.50. The summed E-state index contributed by atoms with van der Waals surface area (Å²) in [5.74, 6) is 1.44. The number of carbonyl (C=O) groups excluding carboxylic acids is 1. The number of urea groups is 1. The standard InChI is InChI=1S/C14H16N2O3/c1-3-10(2)16-14(19)15-9-8-11-4-6-12(7-5-11)13(17)18/h1,4-7,10H,8-9H2,2H3,(H,17,18)(H2,15,16,19). The van der Waals surface area contributed by atoms with Crippen LogP contribution in [0.3, 0.4) is 0 Å². The SMILES string of the molecule is C#CC(C)NC(=O)NCCc1ccc(C(=O)O)cc1. The van der Waals surface area contributed by atoms with E-state index in [1.807, 2.05) is 0 Å². The molecular formula is C14H16N2O3. The molecule has 0 spiro atoms. The van der Waals surface area contributed by atoms with Crippen LogP contribution < -0.4 is 10.6 Å². The Labute approximate surface area is 112 Å². The number of terminal acetylenes is 1. The van der Waals surface area contributed by atoms with Crippen LogP contribution in [0.2, 0.25) is 0 Å². The second-order valence-electron chi connectivity index (χ2n) is 4.04. The maximum atomic E-state index is 11.4. The van der Waals surface area contributed by atoms with E-state index in [0.29, 0.717) is 13.0 Å². The average molecular weight is 260 g/mol. The first-order valence-corrected chi connectivity index (χ1v) is 5.85. The summed E-state index contributed by atoms with van der Waals surface area (Å²) in [5.41, 5.74) is 1.20. The van der Waals surface area contributed by atoms with Gasteiger partial charge in [0.05, 0.1) is 11.6 Å². The van der Waals surface area contributed by atoms with E-state index in [1.165, 1.54) is 12.1 Å². The largest absolute Gasteiger partial charge is 0.478 e. The van der Waals surface area contributed by atoms with Crippen molar-refractivity contribution in [1.82, 2.24) is 10.6 Å². The van der Waals surface area contributed by atoms with Crippen molar-refractivity contribution in [2.24, 2.45) is 0 Å². The molecule has 5 nitrogen and oxygen atoms in total. The van der Waals surface area contributed by atoms with Crippen molar-refractivity contribution in [2.75, 3.05) is 6.54 Å². The van der Waals surface area contributed by atoms with Gasteiger partial charge in [-0.15, -0.1) is 6.42 Å². The van der Waals surface area contributed by atoms with Gasteiger partial charge in [0, 0.05) is 6.54 Å². The molecule has 19 heavy (non-hydrogen) atoms. The molecule has 0 aliphatic rings. The van der Waals surface area contributed by atoms with E-state index in [-0.39, 0.29) is 17.6 Å². The van der Waals surface area contributed by atoms with Crippen LogP contribution in [0.25, 0.3) is 0 Å². The Morgan fingerprint density at radius 3 is 2.53 bits per heavy atom. The molecule has 0 bridgehead atoms. The second-order valence-corrected chi connectivity index (χ2v) is 4.04. The Bertz CT molecular complexity index is 488. The zero-order valence-corrected chi connectivity index (χ0v) is 10.6. The molecule has 0 saturated carbocycles. The monoisotopic (exact) mass is 260 g/mol. The fraction of sp³-hybridized carbons (Fsp3) is 0.286. The van der Waals surface area contributed by atoms with Crippen molar-refractivity contribution < 1.29 is 14.7 Å². The van der Waals surface area contributed by atoms with Crippen LogP contribution >= 0.6 is 0 Å². The lowest BCUT2D eigenvalue weighted by atomic mass is 10.1. The van der Waals surface area contributed by atoms with Crippen molar-refractivity contribution in [3.05, 3.63) is 35.4 Å². The average Bonchev–Trinajstić information content (AvgIpc) is 2.39. The summed E-state index contributed by atoms with van der Waals surface area (Å²) < 4.78 is 0. The zero-order chi connectivity index (χ0) is 14.3. The minimum absolute atomic E-state index is 0.247. The van der Waals surface area contributed by atoms with Gasteiger partial charge in [-0.1, -0.05) is 18.1 Å². The van der Waals surface area contributed by atoms with Crippen LogP contribution in [0.5, 0.6) is 0 Å². The third kappa shape index (κ3) is 5.13. The molecule has 0 fully saturated rings. The zero-order valence-electron chi connectivity index (χ0n) is 10.6. The number of aromatic carboxylic acids is 1. The van der Waals surface area contributed by atoms with Crippen molar-refractivity contribution in [3.8, 4) is 12.3 Å². The van der Waals surface area contributed by atoms with E-state index in [9.17, 15) is 9.59 Å². The van der Waals surface area contributed by atoms with Crippen LogP contribution in [0.1, 0.15) is 22.8 Å². The van der Waals surface area contributed by atoms with Crippen molar-refractivity contribution in [1.29, 1.82) is 0 Å². The van der Waals surface area contributed by atoms with Crippen LogP contribution in [0, 0.1) is 12.3 Å². The summed E-state index contributed by atoms with van der Waals surface area (Å²) in [4.78, 5) is 22.0. The van der Waals surface area contributed by atoms with Crippen molar-refractivity contribution >= 4 is 12.0 Å². The lowest BCUT2D eigenvalue weighted by Gasteiger charge is -2.09. The minimum atomic E-state index is -0.952. The van der Waals surface area contributed by atoms with E-state index in [2.05, 4.69) is 16.6 Å². The van der Waals surface area contributed by atoms with Crippen molar-refractivity contribution in [3.63, 3.8) is 0 Å². The topological polar surface area (TPSA) is 78.4 Å². The Morgan fingerprint density at radius 1 is 1.37 bits per heavy atom. The normalized spacial score (nSPS) is 11.2. The van der Waals surface area contributed by atoms with Gasteiger partial charge in [-0.3, -0.25) is 0 Å². The highest BCUT2D eigenvalue weighted by Crippen LogP contribution is 2.04. The lowest BCUT2D eigenvalue weighted by molar-refractivity contribution is 0.0697. The smallest absolute Gasteiger partial charge is 0.335 e. The number of nitrogens with one attached hydrogen (secondary N) is 2.